The van der Waals surface area contributed by atoms with E-state index < -0.39 is 12.6 Å². The summed E-state index contributed by atoms with van der Waals surface area (Å²) in [6.07, 6.45) is -2.57. The molecule has 0 heterocycles. The van der Waals surface area contributed by atoms with Gasteiger partial charge in [-0.2, -0.15) is 24.9 Å². The van der Waals surface area contributed by atoms with Gasteiger partial charge in [0.05, 0.1) is 0 Å². The molecule has 0 aliphatic heterocycles. The molecule has 114 valence electrons. The van der Waals surface area contributed by atoms with Crippen LogP contribution in [0.4, 0.5) is 13.2 Å². The lowest BCUT2D eigenvalue weighted by Crippen LogP contribution is -2.10. The highest BCUT2D eigenvalue weighted by Gasteiger charge is 2.27. The van der Waals surface area contributed by atoms with E-state index >= 15 is 0 Å². The van der Waals surface area contributed by atoms with E-state index in [1.807, 2.05) is 13.8 Å². The van der Waals surface area contributed by atoms with Crippen LogP contribution in [0.3, 0.4) is 0 Å². The van der Waals surface area contributed by atoms with Crippen LogP contribution in [0.2, 0.25) is 0 Å². The zero-order chi connectivity index (χ0) is 14.7. The van der Waals surface area contributed by atoms with Gasteiger partial charge < -0.3 is 4.74 Å². The molecule has 0 aromatic rings. The first-order valence-electron chi connectivity index (χ1n) is 6.65. The highest BCUT2D eigenvalue weighted by atomic mass is 32.2. The Morgan fingerprint density at radius 3 is 2.53 bits per heavy atom. The van der Waals surface area contributed by atoms with Crippen molar-refractivity contribution in [2.45, 2.75) is 52.1 Å². The number of rotatable bonds is 10. The van der Waals surface area contributed by atoms with Gasteiger partial charge in [0.2, 0.25) is 0 Å². The Morgan fingerprint density at radius 1 is 1.26 bits per heavy atom. The van der Waals surface area contributed by atoms with Crippen LogP contribution in [0.25, 0.3) is 0 Å². The van der Waals surface area contributed by atoms with Crippen molar-refractivity contribution in [2.24, 2.45) is 5.92 Å². The topological polar surface area (TPSA) is 26.3 Å². The molecule has 1 atom stereocenters. The van der Waals surface area contributed by atoms with E-state index in [-0.39, 0.29) is 18.3 Å². The van der Waals surface area contributed by atoms with Crippen molar-refractivity contribution < 1.29 is 22.7 Å². The second-order valence-corrected chi connectivity index (χ2v) is 5.86. The molecule has 1 unspecified atom stereocenters. The molecule has 0 radical (unpaired) electrons. The standard InChI is InChI=1S/C13H23F3O2S/c1-3-4-12(17)18-8-10-19-9-6-11(2)5-7-13(14,15)16/h11H,3-10H2,1-2H3. The first-order valence-corrected chi connectivity index (χ1v) is 7.80. The quantitative estimate of drug-likeness (QED) is 0.441. The Bertz CT molecular complexity index is 245. The van der Waals surface area contributed by atoms with Gasteiger partial charge in [-0.15, -0.1) is 0 Å². The number of hydrogen-bond donors (Lipinski definition) is 0. The molecule has 0 aliphatic rings. The van der Waals surface area contributed by atoms with Gasteiger partial charge in [0, 0.05) is 18.6 Å². The maximum atomic E-state index is 12.0. The van der Waals surface area contributed by atoms with Crippen LogP contribution in [0.5, 0.6) is 0 Å². The number of ether oxygens (including phenoxy) is 1. The molecule has 0 aromatic carbocycles. The second kappa shape index (κ2) is 10.4. The van der Waals surface area contributed by atoms with Crippen molar-refractivity contribution in [3.8, 4) is 0 Å². The van der Waals surface area contributed by atoms with Crippen molar-refractivity contribution in [1.82, 2.24) is 0 Å². The number of thioether (sulfide) groups is 1. The summed E-state index contributed by atoms with van der Waals surface area (Å²) >= 11 is 1.62. The van der Waals surface area contributed by atoms with Gasteiger partial charge in [-0.3, -0.25) is 4.79 Å². The third kappa shape index (κ3) is 13.8. The molecular formula is C13H23F3O2S. The summed E-state index contributed by atoms with van der Waals surface area (Å²) in [5.74, 6) is 1.42. The molecule has 0 amide bonds. The maximum absolute atomic E-state index is 12.0. The van der Waals surface area contributed by atoms with Crippen LogP contribution < -0.4 is 0 Å². The van der Waals surface area contributed by atoms with Crippen LogP contribution >= 0.6 is 11.8 Å². The molecule has 0 spiro atoms. The number of halogens is 3. The lowest BCUT2D eigenvalue weighted by atomic mass is 10.0. The summed E-state index contributed by atoms with van der Waals surface area (Å²) in [5, 5.41) is 0. The highest BCUT2D eigenvalue weighted by molar-refractivity contribution is 7.99. The maximum Gasteiger partial charge on any atom is 0.389 e. The molecule has 0 saturated heterocycles. The van der Waals surface area contributed by atoms with Gasteiger partial charge in [0.1, 0.15) is 6.61 Å². The molecule has 2 nitrogen and oxygen atoms in total. The molecule has 0 N–H and O–H groups in total. The van der Waals surface area contributed by atoms with Gasteiger partial charge in [0.15, 0.2) is 0 Å². The molecule has 0 bridgehead atoms. The first-order chi connectivity index (χ1) is 8.85. The lowest BCUT2D eigenvalue weighted by Gasteiger charge is -2.12. The van der Waals surface area contributed by atoms with Crippen molar-refractivity contribution >= 4 is 17.7 Å². The van der Waals surface area contributed by atoms with E-state index in [4.69, 9.17) is 4.74 Å². The summed E-state index contributed by atoms with van der Waals surface area (Å²) in [6.45, 7) is 4.15. The molecule has 6 heteroatoms. The minimum Gasteiger partial charge on any atom is -0.465 e. The number of esters is 1. The fourth-order valence-electron chi connectivity index (χ4n) is 1.43. The van der Waals surface area contributed by atoms with Crippen LogP contribution in [0.15, 0.2) is 0 Å². The van der Waals surface area contributed by atoms with E-state index in [9.17, 15) is 18.0 Å². The van der Waals surface area contributed by atoms with Crippen LogP contribution in [-0.4, -0.2) is 30.3 Å². The van der Waals surface area contributed by atoms with E-state index in [0.717, 1.165) is 18.6 Å². The summed E-state index contributed by atoms with van der Waals surface area (Å²) in [6, 6.07) is 0. The van der Waals surface area contributed by atoms with Crippen LogP contribution in [-0.2, 0) is 9.53 Å². The van der Waals surface area contributed by atoms with Crippen molar-refractivity contribution in [3.05, 3.63) is 0 Å². The first kappa shape index (κ1) is 18.6. The van der Waals surface area contributed by atoms with Gasteiger partial charge >= 0.3 is 12.1 Å². The van der Waals surface area contributed by atoms with Crippen molar-refractivity contribution in [1.29, 1.82) is 0 Å². The smallest absolute Gasteiger partial charge is 0.389 e. The Kier molecular flexibility index (Phi) is 10.2. The van der Waals surface area contributed by atoms with Crippen LogP contribution in [0, 0.1) is 5.92 Å². The molecule has 0 saturated carbocycles. The molecule has 19 heavy (non-hydrogen) atoms. The van der Waals surface area contributed by atoms with E-state index in [2.05, 4.69) is 0 Å². The molecule has 0 aromatic heterocycles. The minimum absolute atomic E-state index is 0.0803. The summed E-state index contributed by atoms with van der Waals surface area (Å²) < 4.78 is 40.9. The largest absolute Gasteiger partial charge is 0.465 e. The monoisotopic (exact) mass is 300 g/mol. The summed E-state index contributed by atoms with van der Waals surface area (Å²) in [7, 11) is 0. The fourth-order valence-corrected chi connectivity index (χ4v) is 2.41. The predicted octanol–water partition coefficient (Wildman–Crippen LogP) is 4.43. The second-order valence-electron chi connectivity index (χ2n) is 4.63. The number of carbonyl (C=O) groups excluding carboxylic acids is 1. The normalized spacial score (nSPS) is 13.3. The molecule has 0 aliphatic carbocycles. The highest BCUT2D eigenvalue weighted by Crippen LogP contribution is 2.25. The van der Waals surface area contributed by atoms with E-state index in [0.29, 0.717) is 18.8 Å². The van der Waals surface area contributed by atoms with Crippen molar-refractivity contribution in [3.63, 3.8) is 0 Å². The minimum atomic E-state index is -4.05. The average molecular weight is 300 g/mol. The van der Waals surface area contributed by atoms with Crippen LogP contribution in [0.1, 0.15) is 46.0 Å². The predicted molar refractivity (Wildman–Crippen MR) is 72.3 cm³/mol. The number of hydrogen-bond acceptors (Lipinski definition) is 3. The van der Waals surface area contributed by atoms with Crippen molar-refractivity contribution in [2.75, 3.05) is 18.1 Å². The van der Waals surface area contributed by atoms with Gasteiger partial charge in [0.25, 0.3) is 0 Å². The average Bonchev–Trinajstić information content (AvgIpc) is 2.30. The zero-order valence-electron chi connectivity index (χ0n) is 11.6. The Morgan fingerprint density at radius 2 is 1.95 bits per heavy atom. The Balaban J connectivity index is 3.36. The Hall–Kier alpha value is -0.390. The van der Waals surface area contributed by atoms with E-state index in [1.54, 1.807) is 11.8 Å². The third-order valence-electron chi connectivity index (χ3n) is 2.62. The van der Waals surface area contributed by atoms with Gasteiger partial charge in [-0.25, -0.2) is 0 Å². The number of carbonyl (C=O) groups is 1. The molecule has 0 rings (SSSR count). The fraction of sp³-hybridized carbons (Fsp3) is 0.923. The summed E-state index contributed by atoms with van der Waals surface area (Å²) in [4.78, 5) is 11.0. The Labute approximate surface area is 117 Å². The van der Waals surface area contributed by atoms with Gasteiger partial charge in [-0.05, 0) is 30.9 Å². The summed E-state index contributed by atoms with van der Waals surface area (Å²) in [5.41, 5.74) is 0. The SMILES string of the molecule is CCCC(=O)OCCSCCC(C)CCC(F)(F)F. The molecular weight excluding hydrogens is 277 g/mol. The van der Waals surface area contributed by atoms with E-state index in [1.165, 1.54) is 0 Å². The van der Waals surface area contributed by atoms with Gasteiger partial charge in [-0.1, -0.05) is 13.8 Å². The lowest BCUT2D eigenvalue weighted by molar-refractivity contribution is -0.143. The third-order valence-corrected chi connectivity index (χ3v) is 3.60. The number of alkyl halides is 3. The molecule has 0 fully saturated rings. The zero-order valence-corrected chi connectivity index (χ0v) is 12.4.